The third-order valence-electron chi connectivity index (χ3n) is 3.88. The molecule has 2 rings (SSSR count). The molecule has 0 radical (unpaired) electrons. The average Bonchev–Trinajstić information content (AvgIpc) is 2.34. The lowest BCUT2D eigenvalue weighted by molar-refractivity contribution is -0.132. The molecule has 0 saturated heterocycles. The molecule has 0 unspecified atom stereocenters. The Morgan fingerprint density at radius 3 is 2.57 bits per heavy atom. The molecule has 1 aliphatic carbocycles. The SMILES string of the molecule is CC(C)NC(=O)CNC(=O)C1(c2cccc(Cl)c2)CCC1. The summed E-state index contributed by atoms with van der Waals surface area (Å²) < 4.78 is 0. The minimum absolute atomic E-state index is 0.0132. The van der Waals surface area contributed by atoms with Crippen LogP contribution in [0.1, 0.15) is 38.7 Å². The van der Waals surface area contributed by atoms with Gasteiger partial charge < -0.3 is 10.6 Å². The molecule has 1 saturated carbocycles. The van der Waals surface area contributed by atoms with Gasteiger partial charge in [0, 0.05) is 11.1 Å². The van der Waals surface area contributed by atoms with Crippen molar-refractivity contribution in [2.75, 3.05) is 6.54 Å². The Bertz CT molecular complexity index is 539. The summed E-state index contributed by atoms with van der Waals surface area (Å²) in [7, 11) is 0. The zero-order valence-electron chi connectivity index (χ0n) is 12.4. The lowest BCUT2D eigenvalue weighted by Gasteiger charge is -2.40. The summed E-state index contributed by atoms with van der Waals surface area (Å²) in [6, 6.07) is 7.50. The van der Waals surface area contributed by atoms with Crippen LogP contribution in [-0.4, -0.2) is 24.4 Å². The van der Waals surface area contributed by atoms with Gasteiger partial charge >= 0.3 is 0 Å². The maximum atomic E-state index is 12.5. The van der Waals surface area contributed by atoms with Gasteiger partial charge in [0.05, 0.1) is 12.0 Å². The summed E-state index contributed by atoms with van der Waals surface area (Å²) in [6.45, 7) is 3.79. The normalized spacial score (nSPS) is 16.2. The Labute approximate surface area is 130 Å². The van der Waals surface area contributed by atoms with E-state index in [4.69, 9.17) is 11.6 Å². The molecule has 0 bridgehead atoms. The van der Waals surface area contributed by atoms with Crippen molar-refractivity contribution < 1.29 is 9.59 Å². The Morgan fingerprint density at radius 2 is 2.05 bits per heavy atom. The van der Waals surface area contributed by atoms with E-state index >= 15 is 0 Å². The highest BCUT2D eigenvalue weighted by atomic mass is 35.5. The molecule has 0 spiro atoms. The fourth-order valence-electron chi connectivity index (χ4n) is 2.67. The van der Waals surface area contributed by atoms with E-state index < -0.39 is 5.41 Å². The molecule has 1 aromatic carbocycles. The third kappa shape index (κ3) is 3.56. The summed E-state index contributed by atoms with van der Waals surface area (Å²) in [6.07, 6.45) is 2.61. The number of carbonyl (C=O) groups excluding carboxylic acids is 2. The van der Waals surface area contributed by atoms with Gasteiger partial charge in [0.2, 0.25) is 11.8 Å². The first kappa shape index (κ1) is 15.8. The number of hydrogen-bond donors (Lipinski definition) is 2. The highest BCUT2D eigenvalue weighted by molar-refractivity contribution is 6.30. The van der Waals surface area contributed by atoms with Gasteiger partial charge in [0.15, 0.2) is 0 Å². The lowest BCUT2D eigenvalue weighted by Crippen LogP contribution is -2.51. The smallest absolute Gasteiger partial charge is 0.239 e. The number of hydrogen-bond acceptors (Lipinski definition) is 2. The van der Waals surface area contributed by atoms with Gasteiger partial charge in [-0.05, 0) is 44.4 Å². The van der Waals surface area contributed by atoms with Gasteiger partial charge in [-0.15, -0.1) is 0 Å². The van der Waals surface area contributed by atoms with Gasteiger partial charge in [-0.25, -0.2) is 0 Å². The van der Waals surface area contributed by atoms with E-state index in [0.717, 1.165) is 24.8 Å². The molecule has 0 aliphatic heterocycles. The van der Waals surface area contributed by atoms with Crippen molar-refractivity contribution >= 4 is 23.4 Å². The molecule has 0 heterocycles. The van der Waals surface area contributed by atoms with Crippen molar-refractivity contribution in [1.29, 1.82) is 0 Å². The fourth-order valence-corrected chi connectivity index (χ4v) is 2.86. The number of nitrogens with one attached hydrogen (secondary N) is 2. The van der Waals surface area contributed by atoms with Crippen LogP contribution in [0.5, 0.6) is 0 Å². The van der Waals surface area contributed by atoms with Crippen molar-refractivity contribution in [1.82, 2.24) is 10.6 Å². The first-order valence-corrected chi connectivity index (χ1v) is 7.65. The molecule has 2 N–H and O–H groups in total. The van der Waals surface area contributed by atoms with Crippen LogP contribution in [0.25, 0.3) is 0 Å². The van der Waals surface area contributed by atoms with E-state index in [0.29, 0.717) is 5.02 Å². The lowest BCUT2D eigenvalue weighted by atomic mass is 9.64. The van der Waals surface area contributed by atoms with Gasteiger partial charge in [-0.2, -0.15) is 0 Å². The van der Waals surface area contributed by atoms with Gasteiger partial charge in [-0.3, -0.25) is 9.59 Å². The molecule has 0 atom stereocenters. The van der Waals surface area contributed by atoms with Crippen molar-refractivity contribution in [3.05, 3.63) is 34.9 Å². The quantitative estimate of drug-likeness (QED) is 0.877. The zero-order valence-corrected chi connectivity index (χ0v) is 13.2. The van der Waals surface area contributed by atoms with Crippen LogP contribution in [0.4, 0.5) is 0 Å². The van der Waals surface area contributed by atoms with E-state index in [2.05, 4.69) is 10.6 Å². The van der Waals surface area contributed by atoms with E-state index in [1.807, 2.05) is 32.0 Å². The Morgan fingerprint density at radius 1 is 1.33 bits per heavy atom. The summed E-state index contributed by atoms with van der Waals surface area (Å²) >= 11 is 6.03. The maximum Gasteiger partial charge on any atom is 0.239 e. The Hall–Kier alpha value is -1.55. The van der Waals surface area contributed by atoms with Crippen LogP contribution < -0.4 is 10.6 Å². The molecule has 1 fully saturated rings. The second kappa shape index (κ2) is 6.48. The van der Waals surface area contributed by atoms with Crippen molar-refractivity contribution in [2.24, 2.45) is 0 Å². The largest absolute Gasteiger partial charge is 0.352 e. The van der Waals surface area contributed by atoms with Gasteiger partial charge in [-0.1, -0.05) is 30.2 Å². The van der Waals surface area contributed by atoms with Crippen LogP contribution in [0.3, 0.4) is 0 Å². The summed E-state index contributed by atoms with van der Waals surface area (Å²) in [5.41, 5.74) is 0.409. The molecule has 1 aromatic rings. The van der Waals surface area contributed by atoms with Crippen molar-refractivity contribution in [3.63, 3.8) is 0 Å². The molecule has 4 nitrogen and oxygen atoms in total. The third-order valence-corrected chi connectivity index (χ3v) is 4.11. The number of halogens is 1. The number of rotatable bonds is 5. The maximum absolute atomic E-state index is 12.5. The number of benzene rings is 1. The molecular formula is C16H21ClN2O2. The van der Waals surface area contributed by atoms with Crippen LogP contribution in [0.2, 0.25) is 5.02 Å². The minimum atomic E-state index is -0.525. The molecular weight excluding hydrogens is 288 g/mol. The Kier molecular flexibility index (Phi) is 4.88. The predicted octanol–water partition coefficient (Wildman–Crippen LogP) is 2.40. The van der Waals surface area contributed by atoms with Crippen LogP contribution >= 0.6 is 11.6 Å². The Balaban J connectivity index is 2.04. The first-order chi connectivity index (χ1) is 9.94. The summed E-state index contributed by atoms with van der Waals surface area (Å²) in [5, 5.41) is 6.14. The van der Waals surface area contributed by atoms with Crippen LogP contribution in [0, 0.1) is 0 Å². The number of carbonyl (C=O) groups is 2. The molecule has 5 heteroatoms. The standard InChI is InChI=1S/C16H21ClN2O2/c1-11(2)19-14(20)10-18-15(21)16(7-4-8-16)12-5-3-6-13(17)9-12/h3,5-6,9,11H,4,7-8,10H2,1-2H3,(H,18,21)(H,19,20). The molecule has 0 aromatic heterocycles. The average molecular weight is 309 g/mol. The van der Waals surface area contributed by atoms with Gasteiger partial charge in [0.25, 0.3) is 0 Å². The predicted molar refractivity (Wildman–Crippen MR) is 83.3 cm³/mol. The second-order valence-electron chi connectivity index (χ2n) is 5.85. The monoisotopic (exact) mass is 308 g/mol. The minimum Gasteiger partial charge on any atom is -0.352 e. The fraction of sp³-hybridized carbons (Fsp3) is 0.500. The van der Waals surface area contributed by atoms with Crippen LogP contribution in [0.15, 0.2) is 24.3 Å². The number of amides is 2. The van der Waals surface area contributed by atoms with Crippen molar-refractivity contribution in [3.8, 4) is 0 Å². The first-order valence-electron chi connectivity index (χ1n) is 7.28. The van der Waals surface area contributed by atoms with E-state index in [-0.39, 0.29) is 24.4 Å². The molecule has 21 heavy (non-hydrogen) atoms. The highest BCUT2D eigenvalue weighted by Crippen LogP contribution is 2.44. The van der Waals surface area contributed by atoms with E-state index in [9.17, 15) is 9.59 Å². The summed E-state index contributed by atoms with van der Waals surface area (Å²) in [5.74, 6) is -0.256. The topological polar surface area (TPSA) is 58.2 Å². The molecule has 114 valence electrons. The van der Waals surface area contributed by atoms with Gasteiger partial charge in [0.1, 0.15) is 0 Å². The second-order valence-corrected chi connectivity index (χ2v) is 6.29. The highest BCUT2D eigenvalue weighted by Gasteiger charge is 2.45. The summed E-state index contributed by atoms with van der Waals surface area (Å²) in [4.78, 5) is 24.1. The van der Waals surface area contributed by atoms with E-state index in [1.54, 1.807) is 6.07 Å². The van der Waals surface area contributed by atoms with Crippen molar-refractivity contribution in [2.45, 2.75) is 44.6 Å². The van der Waals surface area contributed by atoms with E-state index in [1.165, 1.54) is 0 Å². The van der Waals surface area contributed by atoms with Crippen LogP contribution in [-0.2, 0) is 15.0 Å². The molecule has 1 aliphatic rings. The molecule has 2 amide bonds. The zero-order chi connectivity index (χ0) is 15.5.